The Balaban J connectivity index is 2.01. The minimum Gasteiger partial charge on any atom is -0.399 e. The highest BCUT2D eigenvalue weighted by atomic mass is 35.5. The van der Waals surface area contributed by atoms with Crippen molar-refractivity contribution < 1.29 is 9.59 Å². The Kier molecular flexibility index (Phi) is 5.01. The first-order chi connectivity index (χ1) is 10.5. The maximum atomic E-state index is 12.1. The van der Waals surface area contributed by atoms with Crippen LogP contribution in [-0.2, 0) is 16.1 Å². The topological polar surface area (TPSA) is 75.4 Å². The van der Waals surface area contributed by atoms with Gasteiger partial charge in [0.15, 0.2) is 0 Å². The first-order valence-corrected chi connectivity index (χ1v) is 7.00. The molecular weight excluding hydrogens is 302 g/mol. The van der Waals surface area contributed by atoms with Crippen molar-refractivity contribution in [3.8, 4) is 0 Å². The van der Waals surface area contributed by atoms with E-state index in [0.29, 0.717) is 17.9 Å². The zero-order chi connectivity index (χ0) is 16.1. The number of anilines is 2. The summed E-state index contributed by atoms with van der Waals surface area (Å²) in [6.07, 6.45) is 0. The van der Waals surface area contributed by atoms with Gasteiger partial charge in [0.1, 0.15) is 0 Å². The Hall–Kier alpha value is -2.53. The summed E-state index contributed by atoms with van der Waals surface area (Å²) < 4.78 is 0. The highest BCUT2D eigenvalue weighted by molar-refractivity contribution is 6.41. The minimum absolute atomic E-state index is 0.284. The first kappa shape index (κ1) is 15.9. The van der Waals surface area contributed by atoms with Crippen molar-refractivity contribution in [2.24, 2.45) is 0 Å². The smallest absolute Gasteiger partial charge is 0.313 e. The third-order valence-electron chi connectivity index (χ3n) is 3.04. The molecule has 0 fully saturated rings. The van der Waals surface area contributed by atoms with Crippen LogP contribution in [0.3, 0.4) is 0 Å². The van der Waals surface area contributed by atoms with Gasteiger partial charge in [-0.05, 0) is 23.8 Å². The van der Waals surface area contributed by atoms with Crippen LogP contribution in [0.5, 0.6) is 0 Å². The number of hydrogen-bond acceptors (Lipinski definition) is 3. The molecule has 0 radical (unpaired) electrons. The predicted octanol–water partition coefficient (Wildman–Crippen LogP) is 2.52. The number of carbonyl (C=O) groups is 2. The van der Waals surface area contributed by atoms with Gasteiger partial charge in [-0.15, -0.1) is 0 Å². The second-order valence-electron chi connectivity index (χ2n) is 4.84. The van der Waals surface area contributed by atoms with Gasteiger partial charge in [0.05, 0.1) is 10.7 Å². The lowest BCUT2D eigenvalue weighted by molar-refractivity contribution is -0.142. The lowest BCUT2D eigenvalue weighted by Gasteiger charge is -2.17. The molecule has 6 heteroatoms. The van der Waals surface area contributed by atoms with E-state index in [-0.39, 0.29) is 5.02 Å². The van der Waals surface area contributed by atoms with Crippen molar-refractivity contribution in [1.82, 2.24) is 4.90 Å². The summed E-state index contributed by atoms with van der Waals surface area (Å²) in [5.74, 6) is -1.39. The number of halogens is 1. The molecule has 0 atom stereocenters. The highest BCUT2D eigenvalue weighted by Crippen LogP contribution is 2.24. The van der Waals surface area contributed by atoms with E-state index in [0.717, 1.165) is 5.56 Å². The van der Waals surface area contributed by atoms with Gasteiger partial charge in [-0.2, -0.15) is 0 Å². The molecule has 5 nitrogen and oxygen atoms in total. The van der Waals surface area contributed by atoms with Crippen LogP contribution in [0, 0.1) is 0 Å². The molecule has 0 heterocycles. The molecule has 0 aliphatic rings. The van der Waals surface area contributed by atoms with Crippen LogP contribution in [0.25, 0.3) is 0 Å². The number of nitrogens with zero attached hydrogens (tertiary/aromatic N) is 1. The van der Waals surface area contributed by atoms with E-state index in [1.807, 2.05) is 30.3 Å². The first-order valence-electron chi connectivity index (χ1n) is 6.63. The summed E-state index contributed by atoms with van der Waals surface area (Å²) in [4.78, 5) is 25.4. The van der Waals surface area contributed by atoms with Gasteiger partial charge in [0.25, 0.3) is 0 Å². The predicted molar refractivity (Wildman–Crippen MR) is 87.4 cm³/mol. The molecule has 0 saturated carbocycles. The highest BCUT2D eigenvalue weighted by Gasteiger charge is 2.19. The summed E-state index contributed by atoms with van der Waals surface area (Å²) in [6, 6.07) is 14.1. The SMILES string of the molecule is CN(Cc1ccccc1)C(=O)C(=O)Nc1ccc(N)cc1Cl. The van der Waals surface area contributed by atoms with Crippen molar-refractivity contribution in [2.45, 2.75) is 6.54 Å². The fourth-order valence-electron chi connectivity index (χ4n) is 1.91. The normalized spacial score (nSPS) is 10.1. The Morgan fingerprint density at radius 1 is 1.18 bits per heavy atom. The maximum Gasteiger partial charge on any atom is 0.313 e. The van der Waals surface area contributed by atoms with Gasteiger partial charge < -0.3 is 16.0 Å². The zero-order valence-electron chi connectivity index (χ0n) is 12.0. The number of nitrogens with one attached hydrogen (secondary N) is 1. The van der Waals surface area contributed by atoms with E-state index < -0.39 is 11.8 Å². The average Bonchev–Trinajstić information content (AvgIpc) is 2.50. The Morgan fingerprint density at radius 3 is 2.50 bits per heavy atom. The summed E-state index contributed by atoms with van der Waals surface area (Å²) >= 11 is 5.97. The number of nitrogen functional groups attached to an aromatic ring is 1. The third kappa shape index (κ3) is 3.99. The van der Waals surface area contributed by atoms with Crippen molar-refractivity contribution in [1.29, 1.82) is 0 Å². The molecule has 0 aromatic heterocycles. The second kappa shape index (κ2) is 6.95. The van der Waals surface area contributed by atoms with Gasteiger partial charge >= 0.3 is 11.8 Å². The van der Waals surface area contributed by atoms with Gasteiger partial charge in [-0.25, -0.2) is 0 Å². The summed E-state index contributed by atoms with van der Waals surface area (Å²) in [5.41, 5.74) is 7.35. The Labute approximate surface area is 133 Å². The number of likely N-dealkylation sites (N-methyl/N-ethyl adjacent to an activating group) is 1. The molecule has 3 N–H and O–H groups in total. The monoisotopic (exact) mass is 317 g/mol. The molecule has 22 heavy (non-hydrogen) atoms. The summed E-state index contributed by atoms with van der Waals surface area (Å²) in [6.45, 7) is 0.350. The van der Waals surface area contributed by atoms with E-state index in [1.54, 1.807) is 19.2 Å². The van der Waals surface area contributed by atoms with Gasteiger partial charge in [-0.3, -0.25) is 9.59 Å². The Morgan fingerprint density at radius 2 is 1.86 bits per heavy atom. The molecule has 2 aromatic rings. The molecule has 0 aliphatic carbocycles. The van der Waals surface area contributed by atoms with E-state index in [2.05, 4.69) is 5.32 Å². The second-order valence-corrected chi connectivity index (χ2v) is 5.25. The third-order valence-corrected chi connectivity index (χ3v) is 3.36. The van der Waals surface area contributed by atoms with Crippen LogP contribution in [0.15, 0.2) is 48.5 Å². The molecule has 0 bridgehead atoms. The molecule has 0 spiro atoms. The van der Waals surface area contributed by atoms with E-state index >= 15 is 0 Å². The molecule has 114 valence electrons. The van der Waals surface area contributed by atoms with Gasteiger partial charge in [-0.1, -0.05) is 41.9 Å². The Bertz CT molecular complexity index is 689. The zero-order valence-corrected chi connectivity index (χ0v) is 12.8. The molecule has 2 rings (SSSR count). The molecule has 0 saturated heterocycles. The number of hydrogen-bond donors (Lipinski definition) is 2. The van der Waals surface area contributed by atoms with Crippen molar-refractivity contribution >= 4 is 34.8 Å². The van der Waals surface area contributed by atoms with Crippen LogP contribution in [0.2, 0.25) is 5.02 Å². The van der Waals surface area contributed by atoms with Crippen LogP contribution < -0.4 is 11.1 Å². The van der Waals surface area contributed by atoms with E-state index in [1.165, 1.54) is 11.0 Å². The summed E-state index contributed by atoms with van der Waals surface area (Å²) in [5, 5.41) is 2.77. The van der Waals surface area contributed by atoms with Crippen LogP contribution in [0.1, 0.15) is 5.56 Å². The number of benzene rings is 2. The van der Waals surface area contributed by atoms with Crippen molar-refractivity contribution in [2.75, 3.05) is 18.1 Å². The fourth-order valence-corrected chi connectivity index (χ4v) is 2.15. The van der Waals surface area contributed by atoms with Crippen molar-refractivity contribution in [3.63, 3.8) is 0 Å². The van der Waals surface area contributed by atoms with Crippen molar-refractivity contribution in [3.05, 3.63) is 59.1 Å². The summed E-state index contributed by atoms with van der Waals surface area (Å²) in [7, 11) is 1.57. The average molecular weight is 318 g/mol. The molecule has 0 unspecified atom stereocenters. The van der Waals surface area contributed by atoms with Crippen LogP contribution >= 0.6 is 11.6 Å². The maximum absolute atomic E-state index is 12.1. The molecule has 0 aliphatic heterocycles. The number of amides is 2. The van der Waals surface area contributed by atoms with Gasteiger partial charge in [0, 0.05) is 19.3 Å². The van der Waals surface area contributed by atoms with Crippen LogP contribution in [-0.4, -0.2) is 23.8 Å². The number of rotatable bonds is 3. The van der Waals surface area contributed by atoms with Crippen LogP contribution in [0.4, 0.5) is 11.4 Å². The van der Waals surface area contributed by atoms with Gasteiger partial charge in [0.2, 0.25) is 0 Å². The number of carbonyl (C=O) groups excluding carboxylic acids is 2. The quantitative estimate of drug-likeness (QED) is 0.674. The largest absolute Gasteiger partial charge is 0.399 e. The molecule has 2 amide bonds. The molecule has 2 aromatic carbocycles. The standard InChI is InChI=1S/C16H16ClN3O2/c1-20(10-11-5-3-2-4-6-11)16(22)15(21)19-14-8-7-12(18)9-13(14)17/h2-9H,10,18H2,1H3,(H,19,21). The number of nitrogens with two attached hydrogens (primary N) is 1. The van der Waals surface area contributed by atoms with E-state index in [9.17, 15) is 9.59 Å². The minimum atomic E-state index is -0.745. The fraction of sp³-hybridized carbons (Fsp3) is 0.125. The molecular formula is C16H16ClN3O2. The lowest BCUT2D eigenvalue weighted by atomic mass is 10.2. The lowest BCUT2D eigenvalue weighted by Crippen LogP contribution is -2.36. The van der Waals surface area contributed by atoms with E-state index in [4.69, 9.17) is 17.3 Å².